The van der Waals surface area contributed by atoms with Gasteiger partial charge in [-0.3, -0.25) is 4.57 Å². The van der Waals surface area contributed by atoms with E-state index in [1.807, 2.05) is 30.3 Å². The van der Waals surface area contributed by atoms with Gasteiger partial charge in [0.2, 0.25) is 0 Å². The van der Waals surface area contributed by atoms with Crippen LogP contribution in [0.2, 0.25) is 0 Å². The number of allylic oxidation sites excluding steroid dienone is 2. The van der Waals surface area contributed by atoms with E-state index in [0.29, 0.717) is 13.0 Å². The van der Waals surface area contributed by atoms with Crippen molar-refractivity contribution in [2.45, 2.75) is 103 Å². The molecular weight excluding hydrogens is 391 g/mol. The molecule has 0 bridgehead atoms. The van der Waals surface area contributed by atoms with Crippen LogP contribution in [0.15, 0.2) is 42.5 Å². The first-order valence-electron chi connectivity index (χ1n) is 12.3. The first-order valence-corrected chi connectivity index (χ1v) is 14.1. The van der Waals surface area contributed by atoms with Gasteiger partial charge in [-0.25, -0.2) is 0 Å². The number of hydrogen-bond acceptors (Lipinski definition) is 2. The Bertz CT molecular complexity index is 571. The zero-order valence-corrected chi connectivity index (χ0v) is 20.2. The molecule has 0 saturated heterocycles. The largest absolute Gasteiger partial charge is 0.328 e. The second kappa shape index (κ2) is 18.8. The molecule has 1 rings (SSSR count). The standard InChI is InChI=1S/C26H45O3P/c1-2-3-4-5-6-7-8-9-10-11-12-13-14-15-16-20-25-30(27,28)29-24-23-26-21-18-17-19-22-26/h9-10,17-19,21-22H,2-8,11-16,20,23-25H2,1H3,(H,27,28)/b10-9-. The van der Waals surface area contributed by atoms with E-state index in [9.17, 15) is 9.46 Å². The molecule has 0 aliphatic carbocycles. The normalized spacial score (nSPS) is 13.7. The zero-order chi connectivity index (χ0) is 21.8. The van der Waals surface area contributed by atoms with Crippen molar-refractivity contribution in [2.75, 3.05) is 12.8 Å². The van der Waals surface area contributed by atoms with Crippen molar-refractivity contribution < 1.29 is 14.0 Å². The molecule has 0 aliphatic rings. The van der Waals surface area contributed by atoms with Crippen molar-refractivity contribution in [1.82, 2.24) is 0 Å². The SMILES string of the molecule is CCCCCCCC/C=C\CCCCCCCCP(=O)(O)OCCc1ccccc1. The van der Waals surface area contributed by atoms with Crippen LogP contribution in [0.25, 0.3) is 0 Å². The summed E-state index contributed by atoms with van der Waals surface area (Å²) in [6.07, 6.45) is 23.0. The third-order valence-electron chi connectivity index (χ3n) is 5.48. The summed E-state index contributed by atoms with van der Waals surface area (Å²) in [6.45, 7) is 2.57. The van der Waals surface area contributed by atoms with Crippen LogP contribution in [0.1, 0.15) is 102 Å². The predicted octanol–water partition coefficient (Wildman–Crippen LogP) is 8.47. The first-order chi connectivity index (χ1) is 14.6. The third kappa shape index (κ3) is 16.9. The van der Waals surface area contributed by atoms with Gasteiger partial charge >= 0.3 is 7.60 Å². The minimum Gasteiger partial charge on any atom is -0.324 e. The minimum atomic E-state index is -3.43. The molecule has 1 aromatic rings. The van der Waals surface area contributed by atoms with Gasteiger partial charge in [0.05, 0.1) is 6.61 Å². The van der Waals surface area contributed by atoms with Crippen LogP contribution in [0.4, 0.5) is 0 Å². The van der Waals surface area contributed by atoms with Crippen LogP contribution in [-0.4, -0.2) is 17.7 Å². The molecule has 4 heteroatoms. The molecule has 0 radical (unpaired) electrons. The molecule has 172 valence electrons. The van der Waals surface area contributed by atoms with Gasteiger partial charge in [0, 0.05) is 6.16 Å². The van der Waals surface area contributed by atoms with Crippen molar-refractivity contribution in [3.05, 3.63) is 48.0 Å². The molecule has 3 nitrogen and oxygen atoms in total. The van der Waals surface area contributed by atoms with E-state index in [-0.39, 0.29) is 6.16 Å². The smallest absolute Gasteiger partial charge is 0.324 e. The molecule has 1 unspecified atom stereocenters. The molecule has 0 spiro atoms. The number of benzene rings is 1. The van der Waals surface area contributed by atoms with E-state index in [2.05, 4.69) is 19.1 Å². The fraction of sp³-hybridized carbons (Fsp3) is 0.692. The van der Waals surface area contributed by atoms with Gasteiger partial charge in [-0.15, -0.1) is 0 Å². The van der Waals surface area contributed by atoms with Crippen LogP contribution in [0.5, 0.6) is 0 Å². The van der Waals surface area contributed by atoms with E-state index in [1.54, 1.807) is 0 Å². The maximum Gasteiger partial charge on any atom is 0.328 e. The molecule has 0 amide bonds. The Kier molecular flexibility index (Phi) is 17.1. The lowest BCUT2D eigenvalue weighted by Crippen LogP contribution is -2.00. The number of rotatable bonds is 20. The van der Waals surface area contributed by atoms with E-state index >= 15 is 0 Å². The van der Waals surface area contributed by atoms with Crippen LogP contribution in [0.3, 0.4) is 0 Å². The molecular formula is C26H45O3P. The molecule has 0 heterocycles. The second-order valence-electron chi connectivity index (χ2n) is 8.37. The van der Waals surface area contributed by atoms with Crippen molar-refractivity contribution in [3.8, 4) is 0 Å². The lowest BCUT2D eigenvalue weighted by atomic mass is 10.1. The molecule has 0 aliphatic heterocycles. The molecule has 1 aromatic carbocycles. The van der Waals surface area contributed by atoms with Gasteiger partial charge in [0.15, 0.2) is 0 Å². The Balaban J connectivity index is 1.87. The second-order valence-corrected chi connectivity index (χ2v) is 10.3. The monoisotopic (exact) mass is 436 g/mol. The maximum atomic E-state index is 12.1. The Morgan fingerprint density at radius 3 is 1.93 bits per heavy atom. The van der Waals surface area contributed by atoms with Crippen molar-refractivity contribution in [1.29, 1.82) is 0 Å². The Morgan fingerprint density at radius 1 is 0.800 bits per heavy atom. The summed E-state index contributed by atoms with van der Waals surface area (Å²) in [6, 6.07) is 9.94. The molecule has 0 saturated carbocycles. The highest BCUT2D eigenvalue weighted by Gasteiger charge is 2.18. The van der Waals surface area contributed by atoms with Gasteiger partial charge in [-0.2, -0.15) is 0 Å². The van der Waals surface area contributed by atoms with E-state index < -0.39 is 7.60 Å². The van der Waals surface area contributed by atoms with E-state index in [4.69, 9.17) is 4.52 Å². The fourth-order valence-corrected chi connectivity index (χ4v) is 4.70. The predicted molar refractivity (Wildman–Crippen MR) is 130 cm³/mol. The summed E-state index contributed by atoms with van der Waals surface area (Å²) in [5, 5.41) is 0. The quantitative estimate of drug-likeness (QED) is 0.127. The summed E-state index contributed by atoms with van der Waals surface area (Å²) in [4.78, 5) is 9.93. The minimum absolute atomic E-state index is 0.281. The summed E-state index contributed by atoms with van der Waals surface area (Å²) in [5.74, 6) is 0. The molecule has 0 aromatic heterocycles. The lowest BCUT2D eigenvalue weighted by molar-refractivity contribution is 0.262. The number of hydrogen-bond donors (Lipinski definition) is 1. The van der Waals surface area contributed by atoms with Crippen LogP contribution >= 0.6 is 7.60 Å². The highest BCUT2D eigenvalue weighted by Crippen LogP contribution is 2.42. The highest BCUT2D eigenvalue weighted by atomic mass is 31.2. The summed E-state index contributed by atoms with van der Waals surface area (Å²) in [7, 11) is -3.43. The number of unbranched alkanes of at least 4 members (excludes halogenated alkanes) is 12. The van der Waals surface area contributed by atoms with Crippen molar-refractivity contribution >= 4 is 7.60 Å². The zero-order valence-electron chi connectivity index (χ0n) is 19.3. The van der Waals surface area contributed by atoms with Gasteiger partial charge < -0.3 is 9.42 Å². The lowest BCUT2D eigenvalue weighted by Gasteiger charge is -2.12. The first kappa shape index (κ1) is 27.1. The average molecular weight is 437 g/mol. The molecule has 30 heavy (non-hydrogen) atoms. The van der Waals surface area contributed by atoms with E-state index in [1.165, 1.54) is 70.6 Å². The van der Waals surface area contributed by atoms with Crippen LogP contribution < -0.4 is 0 Å². The summed E-state index contributed by atoms with van der Waals surface area (Å²) < 4.78 is 17.3. The Morgan fingerprint density at radius 2 is 1.33 bits per heavy atom. The van der Waals surface area contributed by atoms with Crippen molar-refractivity contribution in [2.24, 2.45) is 0 Å². The Labute approximate surface area is 185 Å². The average Bonchev–Trinajstić information content (AvgIpc) is 2.74. The van der Waals surface area contributed by atoms with Gasteiger partial charge in [-0.1, -0.05) is 107 Å². The maximum absolute atomic E-state index is 12.1. The van der Waals surface area contributed by atoms with Crippen LogP contribution in [0, 0.1) is 0 Å². The topological polar surface area (TPSA) is 46.5 Å². The van der Waals surface area contributed by atoms with Gasteiger partial charge in [-0.05, 0) is 44.1 Å². The molecule has 1 N–H and O–H groups in total. The highest BCUT2D eigenvalue weighted by molar-refractivity contribution is 7.52. The summed E-state index contributed by atoms with van der Waals surface area (Å²) in [5.41, 5.74) is 1.13. The summed E-state index contributed by atoms with van der Waals surface area (Å²) >= 11 is 0. The molecule has 0 fully saturated rings. The Hall–Kier alpha value is -0.890. The fourth-order valence-electron chi connectivity index (χ4n) is 3.57. The van der Waals surface area contributed by atoms with Crippen molar-refractivity contribution in [3.63, 3.8) is 0 Å². The van der Waals surface area contributed by atoms with Crippen LogP contribution in [-0.2, 0) is 15.5 Å². The third-order valence-corrected chi connectivity index (χ3v) is 6.95. The van der Waals surface area contributed by atoms with E-state index in [0.717, 1.165) is 24.8 Å². The van der Waals surface area contributed by atoms with Gasteiger partial charge in [0.1, 0.15) is 0 Å². The molecule has 1 atom stereocenters. The van der Waals surface area contributed by atoms with Gasteiger partial charge in [0.25, 0.3) is 0 Å².